The highest BCUT2D eigenvalue weighted by atomic mass is 16.2. The quantitative estimate of drug-likeness (QED) is 0.488. The molecule has 0 fully saturated rings. The number of aryl methyl sites for hydroxylation is 1. The first-order chi connectivity index (χ1) is 16.0. The highest BCUT2D eigenvalue weighted by molar-refractivity contribution is 6.05. The predicted octanol–water partition coefficient (Wildman–Crippen LogP) is 5.25. The molecular formula is C27H30N4O2. The zero-order valence-electron chi connectivity index (χ0n) is 19.1. The van der Waals surface area contributed by atoms with Crippen LogP contribution in [-0.4, -0.2) is 37.5 Å². The molecule has 0 aromatic heterocycles. The molecule has 6 nitrogen and oxygen atoms in total. The van der Waals surface area contributed by atoms with Crippen LogP contribution in [0.15, 0.2) is 72.8 Å². The molecule has 3 aromatic carbocycles. The standard InChI is InChI=1S/C27H30N4O2/c1-31(2)18-19-8-9-22-17-25(15-12-21(22)16-19)28-26(32)20-10-13-24(14-11-20)30-27(33)29-23-6-4-3-5-7-23/h3-7,10-15,17,19H,8-9,16,18H2,1-2H3,(H,28,32)(H2,29,30,33). The summed E-state index contributed by atoms with van der Waals surface area (Å²) in [5.74, 6) is 0.520. The molecular weight excluding hydrogens is 412 g/mol. The van der Waals surface area contributed by atoms with Gasteiger partial charge in [0.25, 0.3) is 5.91 Å². The van der Waals surface area contributed by atoms with Gasteiger partial charge in [-0.25, -0.2) is 4.79 Å². The summed E-state index contributed by atoms with van der Waals surface area (Å²) >= 11 is 0. The van der Waals surface area contributed by atoms with E-state index in [4.69, 9.17) is 0 Å². The van der Waals surface area contributed by atoms with E-state index in [1.54, 1.807) is 24.3 Å². The molecule has 0 radical (unpaired) electrons. The Morgan fingerprint density at radius 1 is 0.818 bits per heavy atom. The minimum atomic E-state index is -0.333. The highest BCUT2D eigenvalue weighted by Gasteiger charge is 2.19. The molecule has 1 aliphatic rings. The number of fused-ring (bicyclic) bond motifs is 1. The third-order valence-electron chi connectivity index (χ3n) is 5.85. The molecule has 0 spiro atoms. The van der Waals surface area contributed by atoms with Gasteiger partial charge in [-0.1, -0.05) is 24.3 Å². The van der Waals surface area contributed by atoms with Crippen LogP contribution in [0.4, 0.5) is 21.9 Å². The minimum Gasteiger partial charge on any atom is -0.322 e. The maximum Gasteiger partial charge on any atom is 0.323 e. The van der Waals surface area contributed by atoms with Crippen LogP contribution in [0.1, 0.15) is 27.9 Å². The molecule has 0 aliphatic heterocycles. The molecule has 3 aromatic rings. The van der Waals surface area contributed by atoms with Gasteiger partial charge in [-0.3, -0.25) is 4.79 Å². The molecule has 1 aliphatic carbocycles. The molecule has 0 saturated heterocycles. The Hall–Kier alpha value is -3.64. The fraction of sp³-hybridized carbons (Fsp3) is 0.259. The van der Waals surface area contributed by atoms with Gasteiger partial charge in [0.1, 0.15) is 0 Å². The number of hydrogen-bond acceptors (Lipinski definition) is 3. The van der Waals surface area contributed by atoms with Crippen molar-refractivity contribution in [2.45, 2.75) is 19.3 Å². The Balaban J connectivity index is 1.33. The van der Waals surface area contributed by atoms with Crippen LogP contribution in [0.25, 0.3) is 0 Å². The molecule has 0 saturated carbocycles. The van der Waals surface area contributed by atoms with Gasteiger partial charge in [0.2, 0.25) is 0 Å². The third-order valence-corrected chi connectivity index (χ3v) is 5.85. The van der Waals surface area contributed by atoms with Gasteiger partial charge < -0.3 is 20.9 Å². The Labute approximate surface area is 195 Å². The number of nitrogens with zero attached hydrogens (tertiary/aromatic N) is 1. The van der Waals surface area contributed by atoms with Crippen molar-refractivity contribution in [1.82, 2.24) is 4.90 Å². The predicted molar refractivity (Wildman–Crippen MR) is 134 cm³/mol. The topological polar surface area (TPSA) is 73.5 Å². The number of amides is 3. The maximum absolute atomic E-state index is 12.7. The molecule has 1 atom stereocenters. The number of nitrogens with one attached hydrogen (secondary N) is 3. The molecule has 33 heavy (non-hydrogen) atoms. The molecule has 1 unspecified atom stereocenters. The maximum atomic E-state index is 12.7. The van der Waals surface area contributed by atoms with Crippen LogP contribution in [0.2, 0.25) is 0 Å². The van der Waals surface area contributed by atoms with E-state index in [2.05, 4.69) is 47.1 Å². The Bertz CT molecular complexity index is 1110. The van der Waals surface area contributed by atoms with Crippen LogP contribution in [0.5, 0.6) is 0 Å². The van der Waals surface area contributed by atoms with Crippen molar-refractivity contribution in [1.29, 1.82) is 0 Å². The summed E-state index contributed by atoms with van der Waals surface area (Å²) in [4.78, 5) is 27.1. The minimum absolute atomic E-state index is 0.170. The Morgan fingerprint density at radius 3 is 2.18 bits per heavy atom. The van der Waals surface area contributed by atoms with E-state index in [1.807, 2.05) is 36.4 Å². The second-order valence-electron chi connectivity index (χ2n) is 8.83. The van der Waals surface area contributed by atoms with E-state index < -0.39 is 0 Å². The van der Waals surface area contributed by atoms with Crippen molar-refractivity contribution >= 4 is 29.0 Å². The molecule has 170 valence electrons. The Morgan fingerprint density at radius 2 is 1.48 bits per heavy atom. The first-order valence-electron chi connectivity index (χ1n) is 11.3. The number of rotatable bonds is 6. The number of urea groups is 1. The largest absolute Gasteiger partial charge is 0.323 e. The van der Waals surface area contributed by atoms with Crippen LogP contribution >= 0.6 is 0 Å². The number of carbonyl (C=O) groups is 2. The van der Waals surface area contributed by atoms with E-state index in [0.717, 1.165) is 25.1 Å². The summed E-state index contributed by atoms with van der Waals surface area (Å²) in [7, 11) is 4.24. The fourth-order valence-corrected chi connectivity index (χ4v) is 4.30. The van der Waals surface area contributed by atoms with E-state index in [-0.39, 0.29) is 11.9 Å². The van der Waals surface area contributed by atoms with Gasteiger partial charge in [0.15, 0.2) is 0 Å². The number of carbonyl (C=O) groups excluding carboxylic acids is 2. The van der Waals surface area contributed by atoms with Crippen LogP contribution < -0.4 is 16.0 Å². The smallest absolute Gasteiger partial charge is 0.322 e. The number of anilines is 3. The van der Waals surface area contributed by atoms with Crippen LogP contribution in [0.3, 0.4) is 0 Å². The van der Waals surface area contributed by atoms with Gasteiger partial charge in [0, 0.05) is 29.2 Å². The van der Waals surface area contributed by atoms with Gasteiger partial charge >= 0.3 is 6.03 Å². The van der Waals surface area contributed by atoms with Crippen molar-refractivity contribution < 1.29 is 9.59 Å². The van der Waals surface area contributed by atoms with E-state index >= 15 is 0 Å². The van der Waals surface area contributed by atoms with Gasteiger partial charge in [-0.2, -0.15) is 0 Å². The second kappa shape index (κ2) is 10.3. The van der Waals surface area contributed by atoms with E-state index in [9.17, 15) is 9.59 Å². The zero-order chi connectivity index (χ0) is 23.2. The summed E-state index contributed by atoms with van der Waals surface area (Å²) in [6.07, 6.45) is 3.31. The van der Waals surface area contributed by atoms with Gasteiger partial charge in [0.05, 0.1) is 0 Å². The first-order valence-corrected chi connectivity index (χ1v) is 11.3. The monoisotopic (exact) mass is 442 g/mol. The van der Waals surface area contributed by atoms with E-state index in [1.165, 1.54) is 17.5 Å². The summed E-state index contributed by atoms with van der Waals surface area (Å²) in [5, 5.41) is 8.53. The van der Waals surface area contributed by atoms with Crippen molar-refractivity contribution in [3.05, 3.63) is 89.5 Å². The lowest BCUT2D eigenvalue weighted by Crippen LogP contribution is -2.26. The SMILES string of the molecule is CN(C)CC1CCc2cc(NC(=O)c3ccc(NC(=O)Nc4ccccc4)cc3)ccc2C1. The van der Waals surface area contributed by atoms with Crippen LogP contribution in [-0.2, 0) is 12.8 Å². The lowest BCUT2D eigenvalue weighted by Gasteiger charge is -2.27. The number of hydrogen-bond donors (Lipinski definition) is 3. The summed E-state index contributed by atoms with van der Waals surface area (Å²) in [6, 6.07) is 22.0. The second-order valence-corrected chi connectivity index (χ2v) is 8.83. The molecule has 4 rings (SSSR count). The highest BCUT2D eigenvalue weighted by Crippen LogP contribution is 2.28. The number of para-hydroxylation sites is 1. The summed E-state index contributed by atoms with van der Waals surface area (Å²) < 4.78 is 0. The normalized spacial score (nSPS) is 14.9. The van der Waals surface area contributed by atoms with Crippen molar-refractivity contribution in [3.63, 3.8) is 0 Å². The van der Waals surface area contributed by atoms with Crippen LogP contribution in [0, 0.1) is 5.92 Å². The molecule has 0 heterocycles. The number of benzene rings is 3. The van der Waals surface area contributed by atoms with Crippen molar-refractivity contribution in [2.24, 2.45) is 5.92 Å². The van der Waals surface area contributed by atoms with Crippen molar-refractivity contribution in [2.75, 3.05) is 36.6 Å². The summed E-state index contributed by atoms with van der Waals surface area (Å²) in [6.45, 7) is 1.11. The molecule has 0 bridgehead atoms. The lowest BCUT2D eigenvalue weighted by molar-refractivity contribution is 0.102. The lowest BCUT2D eigenvalue weighted by atomic mass is 9.83. The average Bonchev–Trinajstić information content (AvgIpc) is 2.80. The van der Waals surface area contributed by atoms with E-state index in [0.29, 0.717) is 22.9 Å². The fourth-order valence-electron chi connectivity index (χ4n) is 4.30. The zero-order valence-corrected chi connectivity index (χ0v) is 19.1. The summed E-state index contributed by atoms with van der Waals surface area (Å²) in [5.41, 5.74) is 5.38. The Kier molecular flexibility index (Phi) is 7.05. The van der Waals surface area contributed by atoms with Gasteiger partial charge in [-0.05, 0) is 98.9 Å². The molecule has 3 amide bonds. The van der Waals surface area contributed by atoms with Crippen molar-refractivity contribution in [3.8, 4) is 0 Å². The molecule has 6 heteroatoms. The third kappa shape index (κ3) is 6.20. The molecule has 3 N–H and O–H groups in total. The first kappa shape index (κ1) is 22.6. The van der Waals surface area contributed by atoms with Gasteiger partial charge in [-0.15, -0.1) is 0 Å². The average molecular weight is 443 g/mol.